The first kappa shape index (κ1) is 26.6. The molecule has 0 saturated carbocycles. The van der Waals surface area contributed by atoms with Gasteiger partial charge in [-0.25, -0.2) is 9.97 Å². The largest absolute Gasteiger partial charge is 0.495 e. The minimum atomic E-state index is -0.131. The van der Waals surface area contributed by atoms with Crippen molar-refractivity contribution >= 4 is 40.4 Å². The summed E-state index contributed by atoms with van der Waals surface area (Å²) in [6.07, 6.45) is 2.49. The number of rotatable bonds is 7. The molecule has 10 heteroatoms. The molecule has 1 atom stereocenters. The Labute approximate surface area is 233 Å². The Kier molecular flexibility index (Phi) is 7.54. The van der Waals surface area contributed by atoms with Gasteiger partial charge in [0.05, 0.1) is 30.2 Å². The first-order chi connectivity index (χ1) is 18.8. The first-order valence-corrected chi connectivity index (χ1v) is 13.2. The average molecular weight is 546 g/mol. The Morgan fingerprint density at radius 3 is 2.69 bits per heavy atom. The van der Waals surface area contributed by atoms with E-state index in [9.17, 15) is 4.79 Å². The van der Waals surface area contributed by atoms with Gasteiger partial charge in [-0.1, -0.05) is 36.7 Å². The highest BCUT2D eigenvalue weighted by molar-refractivity contribution is 6.40. The summed E-state index contributed by atoms with van der Waals surface area (Å²) in [6, 6.07) is 13.0. The molecule has 2 aliphatic rings. The van der Waals surface area contributed by atoms with E-state index in [1.165, 1.54) is 0 Å². The molecule has 39 heavy (non-hydrogen) atoms. The maximum Gasteiger partial charge on any atom is 0.251 e. The predicted molar refractivity (Wildman–Crippen MR) is 155 cm³/mol. The number of aromatic nitrogens is 2. The van der Waals surface area contributed by atoms with Gasteiger partial charge in [-0.3, -0.25) is 9.79 Å². The minimum Gasteiger partial charge on any atom is -0.495 e. The van der Waals surface area contributed by atoms with Crippen LogP contribution in [0, 0.1) is 0 Å². The number of methoxy groups -OCH3 is 1. The second-order valence-corrected chi connectivity index (χ2v) is 10.4. The Hall–Kier alpha value is -3.95. The summed E-state index contributed by atoms with van der Waals surface area (Å²) in [6.45, 7) is 3.79. The number of hydrogen-bond acceptors (Lipinski definition) is 8. The molecule has 202 valence electrons. The third-order valence-electron chi connectivity index (χ3n) is 7.13. The summed E-state index contributed by atoms with van der Waals surface area (Å²) in [7, 11) is 5.31. The first-order valence-electron chi connectivity index (χ1n) is 12.8. The molecular formula is C29H32ClN7O2. The summed E-state index contributed by atoms with van der Waals surface area (Å²) >= 11 is 6.54. The summed E-state index contributed by atoms with van der Waals surface area (Å²) < 4.78 is 5.60. The van der Waals surface area contributed by atoms with Gasteiger partial charge >= 0.3 is 0 Å². The Balaban J connectivity index is 1.46. The van der Waals surface area contributed by atoms with E-state index in [0.717, 1.165) is 29.8 Å². The van der Waals surface area contributed by atoms with Gasteiger partial charge in [-0.15, -0.1) is 0 Å². The van der Waals surface area contributed by atoms with Gasteiger partial charge in [-0.2, -0.15) is 0 Å². The van der Waals surface area contributed by atoms with Crippen molar-refractivity contribution in [3.8, 4) is 5.75 Å². The molecule has 1 aliphatic carbocycles. The van der Waals surface area contributed by atoms with Crippen molar-refractivity contribution in [1.29, 1.82) is 0 Å². The molecule has 3 aromatic rings. The second kappa shape index (κ2) is 11.0. The number of ether oxygens (including phenoxy) is 1. The number of nitrogens with one attached hydrogen (secondary N) is 2. The number of aliphatic imine (C=N–C) groups is 1. The van der Waals surface area contributed by atoms with Crippen LogP contribution < -0.4 is 21.1 Å². The van der Waals surface area contributed by atoms with Gasteiger partial charge in [0, 0.05) is 59.3 Å². The standard InChI is InChI=1S/C29H32ClN7O2/c1-16-11-22(31)25(26(32-2)19-7-5-6-8-21(19)30)27-20(16)13-33-29(36-27)35-23-10-9-17(12-24(23)39-4)28(38)34-18-14-37(3)15-18/h5-10,12-13,16,18H,11,14-15,31H2,1-4H3,(H,34,38)(H,33,35,36). The third kappa shape index (κ3) is 5.32. The summed E-state index contributed by atoms with van der Waals surface area (Å²) in [5.74, 6) is 0.888. The van der Waals surface area contributed by atoms with E-state index in [-0.39, 0.29) is 17.9 Å². The number of halogens is 1. The van der Waals surface area contributed by atoms with Gasteiger partial charge in [0.25, 0.3) is 5.91 Å². The van der Waals surface area contributed by atoms with Crippen LogP contribution in [0.2, 0.25) is 5.02 Å². The molecule has 9 nitrogen and oxygen atoms in total. The second-order valence-electron chi connectivity index (χ2n) is 9.99. The van der Waals surface area contributed by atoms with Crippen LogP contribution in [0.1, 0.15) is 46.4 Å². The normalized spacial score (nSPS) is 17.9. The van der Waals surface area contributed by atoms with E-state index >= 15 is 0 Å². The number of fused-ring (bicyclic) bond motifs is 1. The van der Waals surface area contributed by atoms with Gasteiger partial charge in [0.15, 0.2) is 0 Å². The van der Waals surface area contributed by atoms with Gasteiger partial charge < -0.3 is 26.0 Å². The molecular weight excluding hydrogens is 514 g/mol. The molecule has 4 N–H and O–H groups in total. The molecule has 0 radical (unpaired) electrons. The van der Waals surface area contributed by atoms with Crippen LogP contribution >= 0.6 is 11.6 Å². The van der Waals surface area contributed by atoms with E-state index in [1.807, 2.05) is 37.5 Å². The van der Waals surface area contributed by atoms with Crippen molar-refractivity contribution in [2.75, 3.05) is 39.6 Å². The molecule has 1 saturated heterocycles. The minimum absolute atomic E-state index is 0.131. The number of allylic oxidation sites excluding steroid dienone is 2. The SMILES string of the molecule is CN=C(C1=C(N)CC(C)c2cnc(Nc3ccc(C(=O)NC4CN(C)C4)cc3OC)nc21)c1ccccc1Cl. The molecule has 1 aliphatic heterocycles. The number of likely N-dealkylation sites (N-methyl/N-ethyl adjacent to an activating group) is 1. The summed E-state index contributed by atoms with van der Waals surface area (Å²) in [5, 5.41) is 6.88. The van der Waals surface area contributed by atoms with Crippen LogP contribution in [0.4, 0.5) is 11.6 Å². The van der Waals surface area contributed by atoms with Crippen LogP contribution in [0.5, 0.6) is 5.75 Å². The monoisotopic (exact) mass is 545 g/mol. The van der Waals surface area contributed by atoms with Crippen molar-refractivity contribution < 1.29 is 9.53 Å². The fraction of sp³-hybridized carbons (Fsp3) is 0.310. The topological polar surface area (TPSA) is 118 Å². The van der Waals surface area contributed by atoms with E-state index in [1.54, 1.807) is 32.4 Å². The molecule has 5 rings (SSSR count). The molecule has 1 unspecified atom stereocenters. The summed E-state index contributed by atoms with van der Waals surface area (Å²) in [5.41, 5.74) is 12.4. The lowest BCUT2D eigenvalue weighted by atomic mass is 9.83. The van der Waals surface area contributed by atoms with Gasteiger partial charge in [0.1, 0.15) is 5.75 Å². The molecule has 1 fully saturated rings. The number of anilines is 2. The van der Waals surface area contributed by atoms with E-state index in [2.05, 4.69) is 32.4 Å². The van der Waals surface area contributed by atoms with E-state index in [4.69, 9.17) is 27.1 Å². The van der Waals surface area contributed by atoms with Crippen LogP contribution in [0.3, 0.4) is 0 Å². The fourth-order valence-electron chi connectivity index (χ4n) is 5.11. The van der Waals surface area contributed by atoms with Gasteiger partial charge in [-0.05, 0) is 43.7 Å². The Morgan fingerprint density at radius 1 is 1.23 bits per heavy atom. The Morgan fingerprint density at radius 2 is 2.00 bits per heavy atom. The molecule has 2 aromatic carbocycles. The highest BCUT2D eigenvalue weighted by atomic mass is 35.5. The number of nitrogens with zero attached hydrogens (tertiary/aromatic N) is 4. The molecule has 0 bridgehead atoms. The van der Waals surface area contributed by atoms with Gasteiger partial charge in [0.2, 0.25) is 5.95 Å². The van der Waals surface area contributed by atoms with Crippen molar-refractivity contribution in [1.82, 2.24) is 20.2 Å². The maximum absolute atomic E-state index is 12.7. The van der Waals surface area contributed by atoms with E-state index in [0.29, 0.717) is 51.5 Å². The summed E-state index contributed by atoms with van der Waals surface area (Å²) in [4.78, 5) is 28.9. The van der Waals surface area contributed by atoms with Crippen LogP contribution in [0.15, 0.2) is 59.4 Å². The molecule has 1 aromatic heterocycles. The zero-order valence-corrected chi connectivity index (χ0v) is 23.2. The number of carbonyl (C=O) groups is 1. The van der Waals surface area contributed by atoms with Crippen LogP contribution in [-0.2, 0) is 0 Å². The lowest BCUT2D eigenvalue weighted by Gasteiger charge is -2.36. The predicted octanol–water partition coefficient (Wildman–Crippen LogP) is 4.22. The number of nitrogens with two attached hydrogens (primary N) is 1. The van der Waals surface area contributed by atoms with Crippen molar-refractivity contribution in [2.24, 2.45) is 10.7 Å². The smallest absolute Gasteiger partial charge is 0.251 e. The fourth-order valence-corrected chi connectivity index (χ4v) is 5.33. The quantitative estimate of drug-likeness (QED) is 0.380. The maximum atomic E-state index is 12.7. The average Bonchev–Trinajstić information content (AvgIpc) is 2.90. The number of hydrogen-bond donors (Lipinski definition) is 3. The number of benzene rings is 2. The van der Waals surface area contributed by atoms with Crippen molar-refractivity contribution in [3.63, 3.8) is 0 Å². The zero-order chi connectivity index (χ0) is 27.7. The number of carbonyl (C=O) groups excluding carboxylic acids is 1. The zero-order valence-electron chi connectivity index (χ0n) is 22.5. The van der Waals surface area contributed by atoms with Crippen molar-refractivity contribution in [3.05, 3.63) is 81.8 Å². The molecule has 2 heterocycles. The number of amides is 1. The highest BCUT2D eigenvalue weighted by Gasteiger charge is 2.30. The lowest BCUT2D eigenvalue weighted by Crippen LogP contribution is -2.57. The van der Waals surface area contributed by atoms with E-state index < -0.39 is 0 Å². The lowest BCUT2D eigenvalue weighted by molar-refractivity contribution is 0.0857. The van der Waals surface area contributed by atoms with Crippen LogP contribution in [-0.4, -0.2) is 66.8 Å². The highest BCUT2D eigenvalue weighted by Crippen LogP contribution is 2.39. The Bertz CT molecular complexity index is 1480. The van der Waals surface area contributed by atoms with Crippen molar-refractivity contribution in [2.45, 2.75) is 25.3 Å². The molecule has 1 amide bonds. The van der Waals surface area contributed by atoms with Crippen LogP contribution in [0.25, 0.3) is 5.57 Å². The molecule has 0 spiro atoms. The number of likely N-dealkylation sites (tertiary alicyclic amines) is 1. The third-order valence-corrected chi connectivity index (χ3v) is 7.46.